The maximum Gasteiger partial charge on any atom is 0.313 e. The average molecular weight is 227 g/mol. The van der Waals surface area contributed by atoms with Gasteiger partial charge in [-0.15, -0.1) is 0 Å². The predicted octanol–water partition coefficient (Wildman–Crippen LogP) is 0.954. The SMILES string of the molecule is CNC(C1CCOCC1)C1(C(=O)OC)CC1. The Morgan fingerprint density at radius 1 is 1.44 bits per heavy atom. The Morgan fingerprint density at radius 2 is 2.06 bits per heavy atom. The van der Waals surface area contributed by atoms with E-state index in [0.29, 0.717) is 5.92 Å². The summed E-state index contributed by atoms with van der Waals surface area (Å²) >= 11 is 0. The largest absolute Gasteiger partial charge is 0.469 e. The van der Waals surface area contributed by atoms with E-state index in [9.17, 15) is 4.79 Å². The third-order valence-electron chi connectivity index (χ3n) is 4.02. The van der Waals surface area contributed by atoms with E-state index in [-0.39, 0.29) is 17.4 Å². The van der Waals surface area contributed by atoms with Gasteiger partial charge in [-0.2, -0.15) is 0 Å². The molecule has 0 aromatic rings. The van der Waals surface area contributed by atoms with Crippen molar-refractivity contribution in [2.75, 3.05) is 27.4 Å². The number of nitrogens with one attached hydrogen (secondary N) is 1. The highest BCUT2D eigenvalue weighted by Crippen LogP contribution is 2.52. The van der Waals surface area contributed by atoms with Gasteiger partial charge in [-0.3, -0.25) is 4.79 Å². The molecule has 2 aliphatic rings. The van der Waals surface area contributed by atoms with Gasteiger partial charge in [0.15, 0.2) is 0 Å². The molecular weight excluding hydrogens is 206 g/mol. The molecule has 0 amide bonds. The Kier molecular flexibility index (Phi) is 3.50. The highest BCUT2D eigenvalue weighted by molar-refractivity contribution is 5.80. The summed E-state index contributed by atoms with van der Waals surface area (Å²) in [5.74, 6) is 0.499. The lowest BCUT2D eigenvalue weighted by Crippen LogP contribution is -2.47. The van der Waals surface area contributed by atoms with Gasteiger partial charge in [-0.1, -0.05) is 0 Å². The number of hydrogen-bond donors (Lipinski definition) is 1. The van der Waals surface area contributed by atoms with Gasteiger partial charge in [-0.25, -0.2) is 0 Å². The van der Waals surface area contributed by atoms with Gasteiger partial charge >= 0.3 is 5.97 Å². The molecule has 1 aliphatic heterocycles. The van der Waals surface area contributed by atoms with E-state index in [1.54, 1.807) is 0 Å². The molecule has 0 aromatic carbocycles. The molecule has 1 aliphatic carbocycles. The van der Waals surface area contributed by atoms with Gasteiger partial charge in [0.1, 0.15) is 0 Å². The number of rotatable bonds is 4. The van der Waals surface area contributed by atoms with Gasteiger partial charge in [0, 0.05) is 19.3 Å². The van der Waals surface area contributed by atoms with Crippen LogP contribution in [0, 0.1) is 11.3 Å². The maximum absolute atomic E-state index is 11.8. The standard InChI is InChI=1S/C12H21NO3/c1-13-10(9-3-7-16-8-4-9)12(5-6-12)11(14)15-2/h9-10,13H,3-8H2,1-2H3. The van der Waals surface area contributed by atoms with Crippen LogP contribution in [0.2, 0.25) is 0 Å². The predicted molar refractivity (Wildman–Crippen MR) is 60.1 cm³/mol. The van der Waals surface area contributed by atoms with Crippen LogP contribution in [0.25, 0.3) is 0 Å². The third-order valence-corrected chi connectivity index (χ3v) is 4.02. The normalized spacial score (nSPS) is 26.1. The first-order valence-electron chi connectivity index (χ1n) is 6.08. The van der Waals surface area contributed by atoms with Gasteiger partial charge in [-0.05, 0) is 38.6 Å². The molecule has 92 valence electrons. The first-order valence-corrected chi connectivity index (χ1v) is 6.08. The molecule has 1 heterocycles. The molecule has 2 fully saturated rings. The van der Waals surface area contributed by atoms with Crippen molar-refractivity contribution in [3.05, 3.63) is 0 Å². The number of methoxy groups -OCH3 is 1. The van der Waals surface area contributed by atoms with Crippen molar-refractivity contribution in [3.63, 3.8) is 0 Å². The lowest BCUT2D eigenvalue weighted by Gasteiger charge is -2.34. The fourth-order valence-corrected chi connectivity index (χ4v) is 2.99. The molecule has 16 heavy (non-hydrogen) atoms. The Balaban J connectivity index is 2.06. The lowest BCUT2D eigenvalue weighted by atomic mass is 9.81. The summed E-state index contributed by atoms with van der Waals surface area (Å²) < 4.78 is 10.3. The monoisotopic (exact) mass is 227 g/mol. The quantitative estimate of drug-likeness (QED) is 0.727. The Morgan fingerprint density at radius 3 is 2.50 bits per heavy atom. The molecule has 4 nitrogen and oxygen atoms in total. The molecule has 1 saturated carbocycles. The second kappa shape index (κ2) is 4.72. The van der Waals surface area contributed by atoms with Crippen LogP contribution in [0.1, 0.15) is 25.7 Å². The van der Waals surface area contributed by atoms with E-state index in [1.807, 2.05) is 7.05 Å². The van der Waals surface area contributed by atoms with E-state index in [0.717, 1.165) is 38.9 Å². The van der Waals surface area contributed by atoms with Crippen molar-refractivity contribution in [2.45, 2.75) is 31.7 Å². The third kappa shape index (κ3) is 1.96. The molecule has 1 atom stereocenters. The van der Waals surface area contributed by atoms with E-state index < -0.39 is 0 Å². The van der Waals surface area contributed by atoms with Gasteiger partial charge in [0.05, 0.1) is 12.5 Å². The zero-order chi connectivity index (χ0) is 11.6. The zero-order valence-electron chi connectivity index (χ0n) is 10.1. The van der Waals surface area contributed by atoms with Crippen LogP contribution >= 0.6 is 0 Å². The summed E-state index contributed by atoms with van der Waals surface area (Å²) in [5, 5.41) is 3.33. The lowest BCUT2D eigenvalue weighted by molar-refractivity contribution is -0.149. The van der Waals surface area contributed by atoms with Gasteiger partial charge < -0.3 is 14.8 Å². The molecular formula is C12H21NO3. The molecule has 2 rings (SSSR count). The smallest absolute Gasteiger partial charge is 0.313 e. The van der Waals surface area contributed by atoms with Gasteiger partial charge in [0.25, 0.3) is 0 Å². The minimum atomic E-state index is -0.245. The average Bonchev–Trinajstić information content (AvgIpc) is 3.12. The van der Waals surface area contributed by atoms with Crippen molar-refractivity contribution in [2.24, 2.45) is 11.3 Å². The second-order valence-electron chi connectivity index (χ2n) is 4.86. The Hall–Kier alpha value is -0.610. The van der Waals surface area contributed by atoms with Crippen LogP contribution < -0.4 is 5.32 Å². The number of carbonyl (C=O) groups excluding carboxylic acids is 1. The molecule has 1 unspecified atom stereocenters. The molecule has 0 radical (unpaired) electrons. The van der Waals surface area contributed by atoms with Crippen LogP contribution in [-0.4, -0.2) is 39.4 Å². The summed E-state index contributed by atoms with van der Waals surface area (Å²) in [7, 11) is 3.43. The van der Waals surface area contributed by atoms with E-state index in [2.05, 4.69) is 5.32 Å². The Bertz CT molecular complexity index is 257. The van der Waals surface area contributed by atoms with Crippen LogP contribution in [-0.2, 0) is 14.3 Å². The Labute approximate surface area is 96.7 Å². The van der Waals surface area contributed by atoms with Crippen LogP contribution in [0.5, 0.6) is 0 Å². The number of carbonyl (C=O) groups is 1. The minimum Gasteiger partial charge on any atom is -0.469 e. The molecule has 0 bridgehead atoms. The molecule has 1 saturated heterocycles. The topological polar surface area (TPSA) is 47.6 Å². The first-order chi connectivity index (χ1) is 7.74. The van der Waals surface area contributed by atoms with Crippen LogP contribution in [0.3, 0.4) is 0 Å². The number of ether oxygens (including phenoxy) is 2. The van der Waals surface area contributed by atoms with Crippen LogP contribution in [0.15, 0.2) is 0 Å². The summed E-state index contributed by atoms with van der Waals surface area (Å²) in [4.78, 5) is 11.8. The first kappa shape index (κ1) is 11.9. The molecule has 1 N–H and O–H groups in total. The van der Waals surface area contributed by atoms with Crippen LogP contribution in [0.4, 0.5) is 0 Å². The second-order valence-corrected chi connectivity index (χ2v) is 4.86. The molecule has 4 heteroatoms. The fourth-order valence-electron chi connectivity index (χ4n) is 2.99. The summed E-state index contributed by atoms with van der Waals surface area (Å²) in [6.45, 7) is 1.64. The number of hydrogen-bond acceptors (Lipinski definition) is 4. The zero-order valence-corrected chi connectivity index (χ0v) is 10.1. The maximum atomic E-state index is 11.8. The number of esters is 1. The van der Waals surface area contributed by atoms with Crippen molar-refractivity contribution >= 4 is 5.97 Å². The highest BCUT2D eigenvalue weighted by Gasteiger charge is 2.58. The van der Waals surface area contributed by atoms with Crippen molar-refractivity contribution in [1.29, 1.82) is 0 Å². The van der Waals surface area contributed by atoms with Crippen molar-refractivity contribution in [3.8, 4) is 0 Å². The van der Waals surface area contributed by atoms with E-state index >= 15 is 0 Å². The fraction of sp³-hybridized carbons (Fsp3) is 0.917. The highest BCUT2D eigenvalue weighted by atomic mass is 16.5. The molecule has 0 spiro atoms. The summed E-state index contributed by atoms with van der Waals surface area (Å²) in [6, 6.07) is 0.254. The van der Waals surface area contributed by atoms with Gasteiger partial charge in [0.2, 0.25) is 0 Å². The van der Waals surface area contributed by atoms with Crippen molar-refractivity contribution in [1.82, 2.24) is 5.32 Å². The van der Waals surface area contributed by atoms with E-state index in [1.165, 1.54) is 7.11 Å². The summed E-state index contributed by atoms with van der Waals surface area (Å²) in [6.07, 6.45) is 4.01. The van der Waals surface area contributed by atoms with E-state index in [4.69, 9.17) is 9.47 Å². The summed E-state index contributed by atoms with van der Waals surface area (Å²) in [5.41, 5.74) is -0.245. The molecule has 0 aromatic heterocycles. The van der Waals surface area contributed by atoms with Crippen molar-refractivity contribution < 1.29 is 14.3 Å². The minimum absolute atomic E-state index is 0.0432.